The van der Waals surface area contributed by atoms with E-state index in [1.807, 2.05) is 16.8 Å². The van der Waals surface area contributed by atoms with Crippen LogP contribution in [-0.4, -0.2) is 21.3 Å². The molecule has 0 unspecified atom stereocenters. The Kier molecular flexibility index (Phi) is 4.27. The number of nitrogens with zero attached hydrogens (tertiary/aromatic N) is 3. The van der Waals surface area contributed by atoms with E-state index in [1.54, 1.807) is 31.2 Å². The molecule has 0 bridgehead atoms. The molecular weight excluding hydrogens is 376 g/mol. The summed E-state index contributed by atoms with van der Waals surface area (Å²) in [5.74, 6) is 0.212. The maximum Gasteiger partial charge on any atom is 0.322 e. The van der Waals surface area contributed by atoms with Gasteiger partial charge in [-0.1, -0.05) is 40.1 Å². The summed E-state index contributed by atoms with van der Waals surface area (Å²) in [6.07, 6.45) is 0. The molecule has 1 N–H and O–H groups in total. The van der Waals surface area contributed by atoms with Gasteiger partial charge in [0.05, 0.1) is 5.02 Å². The first kappa shape index (κ1) is 16.5. The van der Waals surface area contributed by atoms with E-state index in [-0.39, 0.29) is 11.6 Å². The Morgan fingerprint density at radius 1 is 1.23 bits per heavy atom. The van der Waals surface area contributed by atoms with Gasteiger partial charge in [0.25, 0.3) is 11.8 Å². The van der Waals surface area contributed by atoms with Gasteiger partial charge in [-0.15, -0.1) is 5.10 Å². The van der Waals surface area contributed by atoms with Crippen LogP contribution in [0.15, 0.2) is 50.0 Å². The average Bonchev–Trinajstić information content (AvgIpc) is 3.35. The van der Waals surface area contributed by atoms with Gasteiger partial charge in [-0.05, 0) is 24.4 Å². The van der Waals surface area contributed by atoms with Gasteiger partial charge in [-0.2, -0.15) is 11.3 Å². The summed E-state index contributed by atoms with van der Waals surface area (Å²) in [7, 11) is 0. The second-order valence-electron chi connectivity index (χ2n) is 5.32. The Morgan fingerprint density at radius 3 is 2.85 bits per heavy atom. The first-order chi connectivity index (χ1) is 12.6. The second-order valence-corrected chi connectivity index (χ2v) is 6.51. The summed E-state index contributed by atoms with van der Waals surface area (Å²) < 4.78 is 10.7. The van der Waals surface area contributed by atoms with Gasteiger partial charge in [0.15, 0.2) is 0 Å². The molecule has 0 aliphatic carbocycles. The fraction of sp³-hybridized carbons (Fsp3) is 0.0588. The van der Waals surface area contributed by atoms with Crippen molar-refractivity contribution in [3.8, 4) is 22.7 Å². The number of thiophene rings is 1. The zero-order chi connectivity index (χ0) is 18.1. The van der Waals surface area contributed by atoms with Gasteiger partial charge in [0.2, 0.25) is 0 Å². The van der Waals surface area contributed by atoms with Crippen molar-refractivity contribution >= 4 is 34.9 Å². The van der Waals surface area contributed by atoms with Crippen LogP contribution in [0.5, 0.6) is 0 Å². The minimum Gasteiger partial charge on any atom is -0.403 e. The van der Waals surface area contributed by atoms with Crippen molar-refractivity contribution in [2.24, 2.45) is 0 Å². The van der Waals surface area contributed by atoms with Gasteiger partial charge in [0.1, 0.15) is 17.0 Å². The van der Waals surface area contributed by atoms with E-state index in [0.717, 1.165) is 5.56 Å². The molecule has 0 saturated heterocycles. The highest BCUT2D eigenvalue weighted by Crippen LogP contribution is 2.31. The predicted molar refractivity (Wildman–Crippen MR) is 97.3 cm³/mol. The highest BCUT2D eigenvalue weighted by Gasteiger charge is 2.24. The molecule has 3 aromatic heterocycles. The Hall–Kier alpha value is -2.97. The van der Waals surface area contributed by atoms with Crippen LogP contribution in [0.1, 0.15) is 16.1 Å². The van der Waals surface area contributed by atoms with Crippen molar-refractivity contribution in [1.82, 2.24) is 15.4 Å². The van der Waals surface area contributed by atoms with Crippen molar-refractivity contribution < 1.29 is 13.7 Å². The molecule has 0 aliphatic heterocycles. The summed E-state index contributed by atoms with van der Waals surface area (Å²) in [5.41, 5.74) is 2.00. The minimum absolute atomic E-state index is 0.0121. The zero-order valence-electron chi connectivity index (χ0n) is 13.4. The van der Waals surface area contributed by atoms with Crippen LogP contribution in [0.2, 0.25) is 5.02 Å². The second kappa shape index (κ2) is 6.74. The number of benzene rings is 1. The number of aryl methyl sites for hydroxylation is 1. The minimum atomic E-state index is -0.473. The number of amides is 1. The van der Waals surface area contributed by atoms with Gasteiger partial charge in [-0.3, -0.25) is 10.1 Å². The van der Waals surface area contributed by atoms with E-state index in [9.17, 15) is 4.79 Å². The van der Waals surface area contributed by atoms with E-state index >= 15 is 0 Å². The van der Waals surface area contributed by atoms with Gasteiger partial charge in [0, 0.05) is 16.5 Å². The third-order valence-electron chi connectivity index (χ3n) is 3.63. The van der Waals surface area contributed by atoms with E-state index in [2.05, 4.69) is 20.7 Å². The molecule has 3 heterocycles. The highest BCUT2D eigenvalue weighted by molar-refractivity contribution is 7.08. The van der Waals surface area contributed by atoms with Crippen LogP contribution < -0.4 is 5.32 Å². The lowest BCUT2D eigenvalue weighted by Gasteiger charge is -2.03. The number of rotatable bonds is 4. The van der Waals surface area contributed by atoms with Crippen molar-refractivity contribution in [2.75, 3.05) is 5.32 Å². The molecule has 4 rings (SSSR count). The molecule has 0 aliphatic rings. The van der Waals surface area contributed by atoms with E-state index in [4.69, 9.17) is 20.5 Å². The number of halogens is 1. The summed E-state index contributed by atoms with van der Waals surface area (Å²) >= 11 is 7.72. The maximum atomic E-state index is 12.7. The average molecular weight is 387 g/mol. The molecule has 0 spiro atoms. The molecule has 1 amide bonds. The van der Waals surface area contributed by atoms with Gasteiger partial charge in [-0.25, -0.2) is 0 Å². The number of aromatic nitrogens is 3. The maximum absolute atomic E-state index is 12.7. The lowest BCUT2D eigenvalue weighted by Crippen LogP contribution is -2.13. The third kappa shape index (κ3) is 3.00. The van der Waals surface area contributed by atoms with Crippen molar-refractivity contribution in [3.05, 3.63) is 57.4 Å². The quantitative estimate of drug-likeness (QED) is 0.547. The number of carbonyl (C=O) groups excluding carboxylic acids is 1. The normalized spacial score (nSPS) is 10.8. The fourth-order valence-electron chi connectivity index (χ4n) is 2.41. The molecule has 130 valence electrons. The Bertz CT molecular complexity index is 1070. The Balaban J connectivity index is 1.64. The molecule has 26 heavy (non-hydrogen) atoms. The first-order valence-corrected chi connectivity index (χ1v) is 8.84. The third-order valence-corrected chi connectivity index (χ3v) is 4.65. The monoisotopic (exact) mass is 386 g/mol. The van der Waals surface area contributed by atoms with E-state index in [0.29, 0.717) is 27.9 Å². The van der Waals surface area contributed by atoms with Crippen LogP contribution in [0, 0.1) is 6.92 Å². The molecule has 0 atom stereocenters. The topological polar surface area (TPSA) is 94.1 Å². The Labute approximate surface area is 156 Å². The molecule has 0 fully saturated rings. The van der Waals surface area contributed by atoms with Gasteiger partial charge >= 0.3 is 6.01 Å². The smallest absolute Gasteiger partial charge is 0.322 e. The van der Waals surface area contributed by atoms with Crippen molar-refractivity contribution in [3.63, 3.8) is 0 Å². The van der Waals surface area contributed by atoms with Crippen LogP contribution in [-0.2, 0) is 0 Å². The standard InChI is InChI=1S/C17H11ClN4O3S/c1-9-13(14(22-25-9)11-4-2-3-5-12(11)18)15(23)19-17-21-20-16(24-17)10-6-7-26-8-10/h2-8H,1H3,(H,19,21,23). The van der Waals surface area contributed by atoms with Crippen molar-refractivity contribution in [2.45, 2.75) is 6.92 Å². The zero-order valence-corrected chi connectivity index (χ0v) is 15.0. The first-order valence-electron chi connectivity index (χ1n) is 7.52. The fourth-order valence-corrected chi connectivity index (χ4v) is 3.27. The van der Waals surface area contributed by atoms with Crippen LogP contribution in [0.25, 0.3) is 22.7 Å². The molecule has 1 aromatic carbocycles. The summed E-state index contributed by atoms with van der Waals surface area (Å²) in [6.45, 7) is 1.65. The molecule has 0 saturated carbocycles. The molecular formula is C17H11ClN4O3S. The number of hydrogen-bond acceptors (Lipinski definition) is 7. The highest BCUT2D eigenvalue weighted by atomic mass is 35.5. The summed E-state index contributed by atoms with van der Waals surface area (Å²) in [6, 6.07) is 8.91. The number of nitrogens with one attached hydrogen (secondary N) is 1. The molecule has 9 heteroatoms. The molecule has 4 aromatic rings. The van der Waals surface area contributed by atoms with E-state index < -0.39 is 5.91 Å². The summed E-state index contributed by atoms with van der Waals surface area (Å²) in [5, 5.41) is 18.6. The number of carbonyl (C=O) groups is 1. The van der Waals surface area contributed by atoms with E-state index in [1.165, 1.54) is 11.3 Å². The molecule has 0 radical (unpaired) electrons. The SMILES string of the molecule is Cc1onc(-c2ccccc2Cl)c1C(=O)Nc1nnc(-c2ccsc2)o1. The van der Waals surface area contributed by atoms with Crippen molar-refractivity contribution in [1.29, 1.82) is 0 Å². The molecule has 7 nitrogen and oxygen atoms in total. The predicted octanol–water partition coefficient (Wildman–Crippen LogP) is 4.67. The lowest BCUT2D eigenvalue weighted by atomic mass is 10.1. The summed E-state index contributed by atoms with van der Waals surface area (Å²) in [4.78, 5) is 12.7. The van der Waals surface area contributed by atoms with Crippen LogP contribution in [0.4, 0.5) is 6.01 Å². The van der Waals surface area contributed by atoms with Crippen LogP contribution in [0.3, 0.4) is 0 Å². The number of anilines is 1. The number of hydrogen-bond donors (Lipinski definition) is 1. The lowest BCUT2D eigenvalue weighted by molar-refractivity contribution is 0.102. The van der Waals surface area contributed by atoms with Gasteiger partial charge < -0.3 is 8.94 Å². The Morgan fingerprint density at radius 2 is 2.08 bits per heavy atom. The largest absolute Gasteiger partial charge is 0.403 e. The van der Waals surface area contributed by atoms with Crippen LogP contribution >= 0.6 is 22.9 Å².